The third kappa shape index (κ3) is 4.94. The van der Waals surface area contributed by atoms with Gasteiger partial charge in [0.15, 0.2) is 0 Å². The number of halogens is 1. The molecule has 1 unspecified atom stereocenters. The summed E-state index contributed by atoms with van der Waals surface area (Å²) >= 11 is 5.80. The molecule has 0 bridgehead atoms. The van der Waals surface area contributed by atoms with Crippen molar-refractivity contribution in [1.29, 1.82) is 0 Å². The second-order valence-corrected chi connectivity index (χ2v) is 5.27. The van der Waals surface area contributed by atoms with E-state index in [-0.39, 0.29) is 5.82 Å². The Morgan fingerprint density at radius 2 is 2.07 bits per heavy atom. The Balaban J connectivity index is 2.29. The van der Waals surface area contributed by atoms with Crippen LogP contribution in [0, 0.1) is 11.7 Å². The molecule has 3 heteroatoms. The van der Waals surface area contributed by atoms with Gasteiger partial charge < -0.3 is 0 Å². The SMILES string of the molecule is CC(CCS)CCSc1ccccc1F. The molecule has 0 aliphatic rings. The Morgan fingerprint density at radius 1 is 1.33 bits per heavy atom. The lowest BCUT2D eigenvalue weighted by molar-refractivity contribution is 0.553. The summed E-state index contributed by atoms with van der Waals surface area (Å²) in [4.78, 5) is 0.760. The molecule has 0 saturated heterocycles. The first-order chi connectivity index (χ1) is 7.24. The fraction of sp³-hybridized carbons (Fsp3) is 0.500. The Labute approximate surface area is 101 Å². The highest BCUT2D eigenvalue weighted by Gasteiger charge is 2.04. The molecular formula is C12H17FS2. The van der Waals surface area contributed by atoms with Gasteiger partial charge in [0.2, 0.25) is 0 Å². The largest absolute Gasteiger partial charge is 0.206 e. The normalized spacial score (nSPS) is 12.7. The van der Waals surface area contributed by atoms with Gasteiger partial charge in [0, 0.05) is 4.90 Å². The van der Waals surface area contributed by atoms with Crippen LogP contribution >= 0.6 is 24.4 Å². The first-order valence-electron chi connectivity index (χ1n) is 5.22. The van der Waals surface area contributed by atoms with Crippen molar-refractivity contribution in [2.75, 3.05) is 11.5 Å². The van der Waals surface area contributed by atoms with Crippen LogP contribution in [0.3, 0.4) is 0 Å². The van der Waals surface area contributed by atoms with Gasteiger partial charge in [-0.15, -0.1) is 11.8 Å². The monoisotopic (exact) mass is 244 g/mol. The first kappa shape index (κ1) is 12.9. The maximum Gasteiger partial charge on any atom is 0.136 e. The number of benzene rings is 1. The average molecular weight is 244 g/mol. The van der Waals surface area contributed by atoms with E-state index in [4.69, 9.17) is 0 Å². The zero-order valence-corrected chi connectivity index (χ0v) is 10.7. The molecule has 0 heterocycles. The average Bonchev–Trinajstić information content (AvgIpc) is 2.21. The second kappa shape index (κ2) is 7.18. The summed E-state index contributed by atoms with van der Waals surface area (Å²) in [7, 11) is 0. The number of thiol groups is 1. The zero-order valence-electron chi connectivity index (χ0n) is 8.95. The zero-order chi connectivity index (χ0) is 11.1. The van der Waals surface area contributed by atoms with Crippen LogP contribution in [0.4, 0.5) is 4.39 Å². The van der Waals surface area contributed by atoms with Gasteiger partial charge >= 0.3 is 0 Å². The molecule has 0 saturated carbocycles. The van der Waals surface area contributed by atoms with E-state index in [1.54, 1.807) is 17.8 Å². The molecule has 15 heavy (non-hydrogen) atoms. The smallest absolute Gasteiger partial charge is 0.136 e. The fourth-order valence-corrected chi connectivity index (χ4v) is 2.86. The van der Waals surface area contributed by atoms with Crippen molar-refractivity contribution < 1.29 is 4.39 Å². The van der Waals surface area contributed by atoms with Crippen LogP contribution in [0.2, 0.25) is 0 Å². The summed E-state index contributed by atoms with van der Waals surface area (Å²) in [6, 6.07) is 6.95. The molecule has 0 aliphatic heterocycles. The molecule has 0 spiro atoms. The van der Waals surface area contributed by atoms with Gasteiger partial charge in [-0.05, 0) is 42.4 Å². The summed E-state index contributed by atoms with van der Waals surface area (Å²) in [5.41, 5.74) is 0. The summed E-state index contributed by atoms with van der Waals surface area (Å²) in [6.07, 6.45) is 2.26. The standard InChI is InChI=1S/C12H17FS2/c1-10(6-8-14)7-9-15-12-5-3-2-4-11(12)13/h2-5,10,14H,6-9H2,1H3. The van der Waals surface area contributed by atoms with Crippen LogP contribution in [-0.4, -0.2) is 11.5 Å². The summed E-state index contributed by atoms with van der Waals surface area (Å²) in [5.74, 6) is 2.49. The Bertz CT molecular complexity index is 289. The fourth-order valence-electron chi connectivity index (χ4n) is 1.30. The Kier molecular flexibility index (Phi) is 6.18. The van der Waals surface area contributed by atoms with Crippen LogP contribution in [0.5, 0.6) is 0 Å². The van der Waals surface area contributed by atoms with E-state index in [1.807, 2.05) is 12.1 Å². The molecule has 0 nitrogen and oxygen atoms in total. The van der Waals surface area contributed by atoms with Gasteiger partial charge in [0.25, 0.3) is 0 Å². The molecule has 0 radical (unpaired) electrons. The molecule has 0 aromatic heterocycles. The number of thioether (sulfide) groups is 1. The molecule has 0 amide bonds. The van der Waals surface area contributed by atoms with Gasteiger partial charge in [-0.1, -0.05) is 19.1 Å². The first-order valence-corrected chi connectivity index (χ1v) is 6.84. The lowest BCUT2D eigenvalue weighted by atomic mass is 10.1. The van der Waals surface area contributed by atoms with Crippen molar-refractivity contribution in [2.24, 2.45) is 5.92 Å². The van der Waals surface area contributed by atoms with Gasteiger partial charge in [0.05, 0.1) is 0 Å². The van der Waals surface area contributed by atoms with Crippen molar-refractivity contribution >= 4 is 24.4 Å². The quantitative estimate of drug-likeness (QED) is 0.576. The third-order valence-electron chi connectivity index (χ3n) is 2.33. The van der Waals surface area contributed by atoms with E-state index < -0.39 is 0 Å². The molecular weight excluding hydrogens is 227 g/mol. The number of hydrogen-bond donors (Lipinski definition) is 1. The van der Waals surface area contributed by atoms with Crippen LogP contribution in [0.25, 0.3) is 0 Å². The van der Waals surface area contributed by atoms with Crippen molar-refractivity contribution in [1.82, 2.24) is 0 Å². The van der Waals surface area contributed by atoms with Crippen LogP contribution in [0.15, 0.2) is 29.2 Å². The minimum atomic E-state index is -0.107. The van der Waals surface area contributed by atoms with Gasteiger partial charge in [-0.2, -0.15) is 12.6 Å². The van der Waals surface area contributed by atoms with Gasteiger partial charge in [-0.25, -0.2) is 4.39 Å². The number of rotatable bonds is 6. The second-order valence-electron chi connectivity index (χ2n) is 3.69. The predicted molar refractivity (Wildman–Crippen MR) is 69.4 cm³/mol. The molecule has 84 valence electrons. The van der Waals surface area contributed by atoms with Gasteiger partial charge in [0.1, 0.15) is 5.82 Å². The van der Waals surface area contributed by atoms with E-state index >= 15 is 0 Å². The minimum Gasteiger partial charge on any atom is -0.206 e. The van der Waals surface area contributed by atoms with Crippen LogP contribution in [-0.2, 0) is 0 Å². The summed E-state index contributed by atoms with van der Waals surface area (Å²) in [6.45, 7) is 2.22. The molecule has 0 aliphatic carbocycles. The number of hydrogen-bond acceptors (Lipinski definition) is 2. The Morgan fingerprint density at radius 3 is 2.73 bits per heavy atom. The maximum atomic E-state index is 13.2. The van der Waals surface area contributed by atoms with Crippen LogP contribution < -0.4 is 0 Å². The van der Waals surface area contributed by atoms with Gasteiger partial charge in [-0.3, -0.25) is 0 Å². The van der Waals surface area contributed by atoms with Crippen molar-refractivity contribution in [3.05, 3.63) is 30.1 Å². The topological polar surface area (TPSA) is 0 Å². The molecule has 0 fully saturated rings. The molecule has 1 aromatic carbocycles. The lowest BCUT2D eigenvalue weighted by Crippen LogP contribution is -1.97. The highest BCUT2D eigenvalue weighted by molar-refractivity contribution is 7.99. The summed E-state index contributed by atoms with van der Waals surface area (Å²) < 4.78 is 13.2. The van der Waals surface area contributed by atoms with Crippen molar-refractivity contribution in [3.63, 3.8) is 0 Å². The van der Waals surface area contributed by atoms with Crippen molar-refractivity contribution in [3.8, 4) is 0 Å². The highest BCUT2D eigenvalue weighted by atomic mass is 32.2. The molecule has 1 aromatic rings. The maximum absolute atomic E-state index is 13.2. The highest BCUT2D eigenvalue weighted by Crippen LogP contribution is 2.23. The Hall–Kier alpha value is -0.150. The summed E-state index contributed by atoms with van der Waals surface area (Å²) in [5, 5.41) is 0. The molecule has 1 rings (SSSR count). The predicted octanol–water partition coefficient (Wildman–Crippen LogP) is 4.26. The molecule has 0 N–H and O–H groups in total. The van der Waals surface area contributed by atoms with Crippen LogP contribution in [0.1, 0.15) is 19.8 Å². The minimum absolute atomic E-state index is 0.107. The van der Waals surface area contributed by atoms with Crippen molar-refractivity contribution in [2.45, 2.75) is 24.7 Å². The van der Waals surface area contributed by atoms with E-state index in [9.17, 15) is 4.39 Å². The van der Waals surface area contributed by atoms with E-state index in [0.29, 0.717) is 5.92 Å². The van der Waals surface area contributed by atoms with E-state index in [0.717, 1.165) is 29.2 Å². The third-order valence-corrected chi connectivity index (χ3v) is 3.67. The molecule has 1 atom stereocenters. The van der Waals surface area contributed by atoms with E-state index in [2.05, 4.69) is 19.6 Å². The lowest BCUT2D eigenvalue weighted by Gasteiger charge is -2.09. The van der Waals surface area contributed by atoms with E-state index in [1.165, 1.54) is 6.07 Å².